The quantitative estimate of drug-likeness (QED) is 0.264. The Hall–Kier alpha value is -0.500. The monoisotopic (exact) mass is 403 g/mol. The van der Waals surface area contributed by atoms with Gasteiger partial charge in [-0.05, 0) is 39.0 Å². The Balaban J connectivity index is 1.72. The fourth-order valence-electron chi connectivity index (χ4n) is 4.28. The van der Waals surface area contributed by atoms with Gasteiger partial charge in [0.15, 0.2) is 0 Å². The van der Waals surface area contributed by atoms with E-state index in [-0.39, 0.29) is 24.2 Å². The summed E-state index contributed by atoms with van der Waals surface area (Å²) in [5, 5.41) is 8.52. The van der Waals surface area contributed by atoms with Crippen LogP contribution in [0.5, 0.6) is 0 Å². The lowest BCUT2D eigenvalue weighted by molar-refractivity contribution is -0.129. The summed E-state index contributed by atoms with van der Waals surface area (Å²) in [6.07, 6.45) is 9.18. The number of fused-ring (bicyclic) bond motifs is 2. The van der Waals surface area contributed by atoms with Gasteiger partial charge in [-0.25, -0.2) is 5.48 Å². The van der Waals surface area contributed by atoms with E-state index in [1.165, 1.54) is 19.3 Å². The van der Waals surface area contributed by atoms with Crippen LogP contribution in [0, 0.1) is 11.8 Å². The zero-order valence-corrected chi connectivity index (χ0v) is 17.7. The van der Waals surface area contributed by atoms with Crippen molar-refractivity contribution in [1.82, 2.24) is 5.48 Å². The maximum atomic E-state index is 12.5. The molecule has 2 fully saturated rings. The van der Waals surface area contributed by atoms with E-state index in [0.29, 0.717) is 31.3 Å². The van der Waals surface area contributed by atoms with Crippen molar-refractivity contribution < 1.29 is 23.7 Å². The fraction of sp³-hybridized carbons (Fsp3) is 0.950. The first-order chi connectivity index (χ1) is 13.0. The Morgan fingerprint density at radius 3 is 2.67 bits per heavy atom. The molecule has 2 bridgehead atoms. The largest absolute Gasteiger partial charge is 0.378 e. The van der Waals surface area contributed by atoms with E-state index in [2.05, 4.69) is 6.92 Å². The van der Waals surface area contributed by atoms with Gasteiger partial charge in [0.2, 0.25) is 5.91 Å². The zero-order chi connectivity index (χ0) is 19.6. The molecule has 0 saturated carbocycles. The van der Waals surface area contributed by atoms with Crippen molar-refractivity contribution in [3.8, 4) is 0 Å². The van der Waals surface area contributed by atoms with Gasteiger partial charge in [0, 0.05) is 40.6 Å². The van der Waals surface area contributed by atoms with Gasteiger partial charge in [0.25, 0.3) is 0 Å². The van der Waals surface area contributed by atoms with E-state index in [1.54, 1.807) is 5.48 Å². The molecule has 158 valence electrons. The molecule has 1 amide bonds. The van der Waals surface area contributed by atoms with Crippen molar-refractivity contribution in [3.63, 3.8) is 0 Å². The fourth-order valence-corrected chi connectivity index (χ4v) is 5.87. The molecule has 7 heteroatoms. The topological polar surface area (TPSA) is 84.9 Å². The number of unbranched alkanes of at least 4 members (excludes halogenated alkanes) is 3. The molecule has 0 spiro atoms. The maximum Gasteiger partial charge on any atom is 0.243 e. The minimum absolute atomic E-state index is 0.0656. The minimum Gasteiger partial charge on any atom is -0.378 e. The molecule has 6 unspecified atom stereocenters. The summed E-state index contributed by atoms with van der Waals surface area (Å²) in [6, 6.07) is 0. The molecular weight excluding hydrogens is 366 g/mol. The van der Waals surface area contributed by atoms with Crippen LogP contribution in [0.3, 0.4) is 0 Å². The first kappa shape index (κ1) is 22.8. The van der Waals surface area contributed by atoms with E-state index in [0.717, 1.165) is 37.2 Å². The Kier molecular flexibility index (Phi) is 10.2. The minimum atomic E-state index is -0.765. The van der Waals surface area contributed by atoms with Gasteiger partial charge in [-0.2, -0.15) is 0 Å². The van der Waals surface area contributed by atoms with E-state index in [1.807, 2.05) is 6.92 Å². The predicted molar refractivity (Wildman–Crippen MR) is 106 cm³/mol. The molecule has 2 saturated heterocycles. The lowest BCUT2D eigenvalue weighted by Crippen LogP contribution is -2.35. The summed E-state index contributed by atoms with van der Waals surface area (Å²) in [7, 11) is -0.765. The van der Waals surface area contributed by atoms with E-state index in [4.69, 9.17) is 14.7 Å². The van der Waals surface area contributed by atoms with Crippen molar-refractivity contribution in [2.24, 2.45) is 11.8 Å². The van der Waals surface area contributed by atoms with Crippen molar-refractivity contribution in [2.45, 2.75) is 89.9 Å². The average molecular weight is 404 g/mol. The predicted octanol–water partition coefficient (Wildman–Crippen LogP) is 3.19. The second kappa shape index (κ2) is 12.1. The maximum absolute atomic E-state index is 12.5. The van der Waals surface area contributed by atoms with Crippen LogP contribution < -0.4 is 5.48 Å². The normalized spacial score (nSPS) is 29.0. The highest BCUT2D eigenvalue weighted by Crippen LogP contribution is 2.44. The summed E-state index contributed by atoms with van der Waals surface area (Å²) in [5.41, 5.74) is 1.65. The van der Waals surface area contributed by atoms with Crippen LogP contribution in [-0.2, 0) is 25.1 Å². The van der Waals surface area contributed by atoms with E-state index in [9.17, 15) is 9.00 Å². The number of carbonyl (C=O) groups excluding carboxylic acids is 1. The van der Waals surface area contributed by atoms with Crippen LogP contribution in [0.1, 0.15) is 71.6 Å². The van der Waals surface area contributed by atoms with Crippen LogP contribution in [0.15, 0.2) is 0 Å². The first-order valence-electron chi connectivity index (χ1n) is 10.6. The molecule has 2 aliphatic rings. The summed E-state index contributed by atoms with van der Waals surface area (Å²) in [5.74, 6) is 1.89. The Labute approximate surface area is 166 Å². The van der Waals surface area contributed by atoms with Gasteiger partial charge in [-0.3, -0.25) is 14.2 Å². The van der Waals surface area contributed by atoms with Gasteiger partial charge in [-0.15, -0.1) is 0 Å². The molecule has 0 aromatic heterocycles. The molecule has 0 aromatic carbocycles. The smallest absolute Gasteiger partial charge is 0.243 e. The SMILES string of the molecule is CCCCCCS(=O)CC1C2CCC(O2)C1COC(C)CCCC(=O)NO. The number of ether oxygens (including phenoxy) is 2. The number of rotatable bonds is 14. The summed E-state index contributed by atoms with van der Waals surface area (Å²) >= 11 is 0. The zero-order valence-electron chi connectivity index (χ0n) is 16.9. The van der Waals surface area contributed by atoms with Gasteiger partial charge in [-0.1, -0.05) is 26.2 Å². The highest BCUT2D eigenvalue weighted by Gasteiger charge is 2.49. The van der Waals surface area contributed by atoms with Crippen molar-refractivity contribution in [2.75, 3.05) is 18.1 Å². The summed E-state index contributed by atoms with van der Waals surface area (Å²) in [4.78, 5) is 11.1. The van der Waals surface area contributed by atoms with Crippen LogP contribution in [0.25, 0.3) is 0 Å². The first-order valence-corrected chi connectivity index (χ1v) is 12.1. The average Bonchev–Trinajstić information content (AvgIpc) is 3.25. The standard InChI is InChI=1S/C20H37NO5S/c1-3-4-5-6-12-27(24)14-17-16(18-10-11-19(17)26-18)13-25-15(2)8-7-9-20(22)21-23/h15-19,23H,3-14H2,1-2H3,(H,21,22). The van der Waals surface area contributed by atoms with Crippen LogP contribution >= 0.6 is 0 Å². The molecule has 2 N–H and O–H groups in total. The molecule has 2 rings (SSSR count). The Morgan fingerprint density at radius 1 is 1.22 bits per heavy atom. The lowest BCUT2D eigenvalue weighted by Gasteiger charge is -2.28. The van der Waals surface area contributed by atoms with E-state index < -0.39 is 10.8 Å². The highest BCUT2D eigenvalue weighted by atomic mass is 32.2. The second-order valence-electron chi connectivity index (χ2n) is 8.06. The number of hydrogen-bond donors (Lipinski definition) is 2. The lowest BCUT2D eigenvalue weighted by atomic mass is 9.81. The molecule has 6 nitrogen and oxygen atoms in total. The third-order valence-electron chi connectivity index (χ3n) is 5.91. The number of carbonyl (C=O) groups is 1. The number of hydroxylamine groups is 1. The van der Waals surface area contributed by atoms with Crippen LogP contribution in [-0.4, -0.2) is 51.7 Å². The second-order valence-corrected chi connectivity index (χ2v) is 9.68. The summed E-state index contributed by atoms with van der Waals surface area (Å²) in [6.45, 7) is 4.86. The Bertz CT molecular complexity index is 475. The van der Waals surface area contributed by atoms with E-state index >= 15 is 0 Å². The molecular formula is C20H37NO5S. The molecule has 0 aromatic rings. The van der Waals surface area contributed by atoms with Gasteiger partial charge in [0.1, 0.15) is 0 Å². The van der Waals surface area contributed by atoms with Crippen LogP contribution in [0.2, 0.25) is 0 Å². The van der Waals surface area contributed by atoms with Crippen molar-refractivity contribution in [3.05, 3.63) is 0 Å². The van der Waals surface area contributed by atoms with Gasteiger partial charge in [0.05, 0.1) is 24.9 Å². The molecule has 6 atom stereocenters. The Morgan fingerprint density at radius 2 is 1.96 bits per heavy atom. The summed E-state index contributed by atoms with van der Waals surface area (Å²) < 4.78 is 24.7. The number of hydrogen-bond acceptors (Lipinski definition) is 5. The molecule has 0 radical (unpaired) electrons. The molecule has 2 heterocycles. The molecule has 2 aliphatic heterocycles. The highest BCUT2D eigenvalue weighted by molar-refractivity contribution is 7.84. The van der Waals surface area contributed by atoms with Crippen molar-refractivity contribution >= 4 is 16.7 Å². The third kappa shape index (κ3) is 7.44. The van der Waals surface area contributed by atoms with Gasteiger partial charge >= 0.3 is 0 Å². The van der Waals surface area contributed by atoms with Gasteiger partial charge < -0.3 is 9.47 Å². The third-order valence-corrected chi connectivity index (χ3v) is 7.41. The van der Waals surface area contributed by atoms with Crippen molar-refractivity contribution in [1.29, 1.82) is 0 Å². The molecule has 27 heavy (non-hydrogen) atoms. The van der Waals surface area contributed by atoms with Crippen LogP contribution in [0.4, 0.5) is 0 Å². The number of nitrogens with one attached hydrogen (secondary N) is 1. The molecule has 0 aliphatic carbocycles. The number of amides is 1.